The van der Waals surface area contributed by atoms with Crippen LogP contribution in [0.2, 0.25) is 0 Å². The minimum Gasteiger partial charge on any atom is -0.496 e. The van der Waals surface area contributed by atoms with E-state index < -0.39 is 18.6 Å². The third-order valence-electron chi connectivity index (χ3n) is 2.18. The second kappa shape index (κ2) is 6.48. The van der Waals surface area contributed by atoms with Gasteiger partial charge in [-0.25, -0.2) is 4.79 Å². The molecule has 0 spiro atoms. The number of hydrogen-bond acceptors (Lipinski definition) is 4. The summed E-state index contributed by atoms with van der Waals surface area (Å²) in [6.07, 6.45) is -0.777. The molecule has 0 aliphatic carbocycles. The lowest BCUT2D eigenvalue weighted by atomic mass is 10.1. The van der Waals surface area contributed by atoms with Gasteiger partial charge < -0.3 is 19.9 Å². The van der Waals surface area contributed by atoms with Gasteiger partial charge >= 0.3 is 12.1 Å². The average Bonchev–Trinajstić information content (AvgIpc) is 2.34. The van der Waals surface area contributed by atoms with Crippen molar-refractivity contribution in [2.45, 2.75) is 13.5 Å². The molecule has 0 aliphatic heterocycles. The van der Waals surface area contributed by atoms with E-state index in [4.69, 9.17) is 14.6 Å². The summed E-state index contributed by atoms with van der Waals surface area (Å²) < 4.78 is 10.0. The van der Waals surface area contributed by atoms with Gasteiger partial charge in [-0.05, 0) is 19.1 Å². The van der Waals surface area contributed by atoms with Crippen LogP contribution in [-0.4, -0.2) is 30.8 Å². The molecule has 0 radical (unpaired) electrons. The zero-order valence-electron chi connectivity index (χ0n) is 10.2. The molecular weight excluding hydrogens is 238 g/mol. The maximum Gasteiger partial charge on any atom is 0.407 e. The summed E-state index contributed by atoms with van der Waals surface area (Å²) in [7, 11) is 1.53. The highest BCUT2D eigenvalue weighted by Gasteiger charge is 2.08. The number of nitrogens with one attached hydrogen (secondary N) is 1. The van der Waals surface area contributed by atoms with Crippen LogP contribution in [-0.2, 0) is 16.1 Å². The molecule has 0 bridgehead atoms. The number of ether oxygens (including phenoxy) is 2. The third-order valence-corrected chi connectivity index (χ3v) is 2.18. The van der Waals surface area contributed by atoms with Crippen LogP contribution in [0.25, 0.3) is 0 Å². The van der Waals surface area contributed by atoms with Crippen molar-refractivity contribution >= 4 is 12.1 Å². The van der Waals surface area contributed by atoms with Gasteiger partial charge in [0.2, 0.25) is 0 Å². The Morgan fingerprint density at radius 3 is 2.72 bits per heavy atom. The number of rotatable bonds is 5. The van der Waals surface area contributed by atoms with Gasteiger partial charge in [-0.3, -0.25) is 4.79 Å². The summed E-state index contributed by atoms with van der Waals surface area (Å²) in [6.45, 7) is 1.47. The SMILES string of the molecule is COc1ccc(C)cc1COC(=O)NCC(=O)O. The van der Waals surface area contributed by atoms with Gasteiger partial charge in [-0.1, -0.05) is 11.6 Å². The molecule has 1 amide bonds. The van der Waals surface area contributed by atoms with Crippen LogP contribution in [0.15, 0.2) is 18.2 Å². The average molecular weight is 253 g/mol. The van der Waals surface area contributed by atoms with Crippen molar-refractivity contribution in [3.63, 3.8) is 0 Å². The number of hydrogen-bond donors (Lipinski definition) is 2. The Morgan fingerprint density at radius 1 is 1.39 bits per heavy atom. The van der Waals surface area contributed by atoms with E-state index in [2.05, 4.69) is 5.32 Å². The van der Waals surface area contributed by atoms with Crippen molar-refractivity contribution in [1.29, 1.82) is 0 Å². The van der Waals surface area contributed by atoms with Crippen molar-refractivity contribution in [2.24, 2.45) is 0 Å². The molecule has 18 heavy (non-hydrogen) atoms. The summed E-state index contributed by atoms with van der Waals surface area (Å²) in [5, 5.41) is 10.5. The normalized spacial score (nSPS) is 9.67. The molecule has 0 fully saturated rings. The maximum atomic E-state index is 11.2. The number of benzene rings is 1. The highest BCUT2D eigenvalue weighted by atomic mass is 16.5. The van der Waals surface area contributed by atoms with Crippen molar-refractivity contribution in [3.05, 3.63) is 29.3 Å². The largest absolute Gasteiger partial charge is 0.496 e. The minimum atomic E-state index is -1.12. The van der Waals surface area contributed by atoms with Gasteiger partial charge in [-0.15, -0.1) is 0 Å². The molecule has 1 aromatic carbocycles. The standard InChI is InChI=1S/C12H15NO5/c1-8-3-4-10(17-2)9(5-8)7-18-12(16)13-6-11(14)15/h3-5H,6-7H2,1-2H3,(H,13,16)(H,14,15). The van der Waals surface area contributed by atoms with E-state index in [0.717, 1.165) is 11.1 Å². The van der Waals surface area contributed by atoms with Crippen LogP contribution in [0.1, 0.15) is 11.1 Å². The van der Waals surface area contributed by atoms with Gasteiger partial charge in [0, 0.05) is 5.56 Å². The predicted molar refractivity (Wildman–Crippen MR) is 63.6 cm³/mol. The molecule has 6 heteroatoms. The van der Waals surface area contributed by atoms with Crippen LogP contribution in [0.4, 0.5) is 4.79 Å². The number of carbonyl (C=O) groups is 2. The molecule has 2 N–H and O–H groups in total. The fourth-order valence-electron chi connectivity index (χ4n) is 1.36. The van der Waals surface area contributed by atoms with Crippen LogP contribution in [0.3, 0.4) is 0 Å². The van der Waals surface area contributed by atoms with Crippen LogP contribution < -0.4 is 10.1 Å². The molecule has 1 aromatic rings. The number of methoxy groups -OCH3 is 1. The minimum absolute atomic E-state index is 0.0241. The maximum absolute atomic E-state index is 11.2. The zero-order valence-corrected chi connectivity index (χ0v) is 10.2. The van der Waals surface area contributed by atoms with E-state index >= 15 is 0 Å². The van der Waals surface area contributed by atoms with E-state index in [1.807, 2.05) is 19.1 Å². The van der Waals surface area contributed by atoms with E-state index in [1.165, 1.54) is 7.11 Å². The van der Waals surface area contributed by atoms with Crippen LogP contribution in [0.5, 0.6) is 5.75 Å². The topological polar surface area (TPSA) is 84.9 Å². The van der Waals surface area contributed by atoms with Gasteiger partial charge in [0.1, 0.15) is 18.9 Å². The predicted octanol–water partition coefficient (Wildman–Crippen LogP) is 1.31. The highest BCUT2D eigenvalue weighted by molar-refractivity contribution is 5.76. The molecule has 0 saturated carbocycles. The Morgan fingerprint density at radius 2 is 2.11 bits per heavy atom. The van der Waals surface area contributed by atoms with Crippen molar-refractivity contribution in [1.82, 2.24) is 5.32 Å². The number of alkyl carbamates (subject to hydrolysis) is 1. The molecule has 0 aromatic heterocycles. The Hall–Kier alpha value is -2.24. The first-order valence-corrected chi connectivity index (χ1v) is 5.29. The monoisotopic (exact) mass is 253 g/mol. The number of amides is 1. The second-order valence-electron chi connectivity index (χ2n) is 3.64. The molecule has 0 heterocycles. The Balaban J connectivity index is 2.54. The molecular formula is C12H15NO5. The highest BCUT2D eigenvalue weighted by Crippen LogP contribution is 2.20. The number of carbonyl (C=O) groups excluding carboxylic acids is 1. The summed E-state index contributed by atoms with van der Waals surface area (Å²) in [4.78, 5) is 21.4. The van der Waals surface area contributed by atoms with E-state index in [1.54, 1.807) is 6.07 Å². The number of carboxylic acids is 1. The zero-order chi connectivity index (χ0) is 13.5. The van der Waals surface area contributed by atoms with Crippen LogP contribution in [0, 0.1) is 6.92 Å². The Bertz CT molecular complexity index is 444. The quantitative estimate of drug-likeness (QED) is 0.826. The molecule has 98 valence electrons. The Kier molecular flexibility index (Phi) is 4.98. The molecule has 0 atom stereocenters. The first kappa shape index (κ1) is 13.8. The Labute approximate surface area is 105 Å². The van der Waals surface area contributed by atoms with Gasteiger partial charge in [-0.2, -0.15) is 0 Å². The second-order valence-corrected chi connectivity index (χ2v) is 3.64. The van der Waals surface area contributed by atoms with Crippen molar-refractivity contribution < 1.29 is 24.2 Å². The van der Waals surface area contributed by atoms with E-state index in [0.29, 0.717) is 5.75 Å². The number of aryl methyl sites for hydroxylation is 1. The molecule has 6 nitrogen and oxygen atoms in total. The number of aliphatic carboxylic acids is 1. The van der Waals surface area contributed by atoms with Gasteiger partial charge in [0.05, 0.1) is 7.11 Å². The molecule has 0 saturated heterocycles. The molecule has 0 aliphatic rings. The van der Waals surface area contributed by atoms with Crippen molar-refractivity contribution in [3.8, 4) is 5.75 Å². The summed E-state index contributed by atoms with van der Waals surface area (Å²) in [5.41, 5.74) is 1.74. The van der Waals surface area contributed by atoms with Crippen molar-refractivity contribution in [2.75, 3.05) is 13.7 Å². The number of carboxylic acid groups (broad SMARTS) is 1. The van der Waals surface area contributed by atoms with E-state index in [-0.39, 0.29) is 6.61 Å². The fraction of sp³-hybridized carbons (Fsp3) is 0.333. The van der Waals surface area contributed by atoms with Crippen LogP contribution >= 0.6 is 0 Å². The molecule has 0 unspecified atom stereocenters. The smallest absolute Gasteiger partial charge is 0.407 e. The first-order valence-electron chi connectivity index (χ1n) is 5.29. The lowest BCUT2D eigenvalue weighted by Gasteiger charge is -2.10. The summed E-state index contributed by atoms with van der Waals surface area (Å²) >= 11 is 0. The van der Waals surface area contributed by atoms with E-state index in [9.17, 15) is 9.59 Å². The van der Waals surface area contributed by atoms with Gasteiger partial charge in [0.25, 0.3) is 0 Å². The summed E-state index contributed by atoms with van der Waals surface area (Å²) in [6, 6.07) is 5.50. The lowest BCUT2D eigenvalue weighted by molar-refractivity contribution is -0.135. The third kappa shape index (κ3) is 4.32. The van der Waals surface area contributed by atoms with Gasteiger partial charge in [0.15, 0.2) is 0 Å². The lowest BCUT2D eigenvalue weighted by Crippen LogP contribution is -2.29. The summed E-state index contributed by atoms with van der Waals surface area (Å²) in [5.74, 6) is -0.508. The molecule has 1 rings (SSSR count). The first-order chi connectivity index (χ1) is 8.52. The fourth-order valence-corrected chi connectivity index (χ4v) is 1.36.